The zero-order valence-electron chi connectivity index (χ0n) is 13.3. The van der Waals surface area contributed by atoms with Gasteiger partial charge in [-0.2, -0.15) is 0 Å². The number of nitrogens with one attached hydrogen (secondary N) is 1. The van der Waals surface area contributed by atoms with Crippen molar-refractivity contribution in [3.8, 4) is 0 Å². The van der Waals surface area contributed by atoms with Gasteiger partial charge in [-0.3, -0.25) is 4.99 Å². The van der Waals surface area contributed by atoms with E-state index < -0.39 is 0 Å². The standard InChI is InChI=1S/C19H19N3S/c1-19(2)11-13-7-3-4-8-14(13)17(22-19)12-23-18-20-15-9-5-6-10-16(15)21-18/h3-10H,11-12H2,1-2H3,(H,20,21). The third kappa shape index (κ3) is 2.91. The largest absolute Gasteiger partial charge is 0.333 e. The van der Waals surface area contributed by atoms with E-state index in [9.17, 15) is 0 Å². The molecule has 0 radical (unpaired) electrons. The number of aliphatic imine (C=N–C) groups is 1. The third-order valence-corrected chi connectivity index (χ3v) is 4.99. The molecule has 1 N–H and O–H groups in total. The third-order valence-electron chi connectivity index (χ3n) is 4.10. The molecule has 2 heterocycles. The van der Waals surface area contributed by atoms with Gasteiger partial charge in [-0.15, -0.1) is 0 Å². The molecule has 0 atom stereocenters. The van der Waals surface area contributed by atoms with Gasteiger partial charge in [0.15, 0.2) is 5.16 Å². The van der Waals surface area contributed by atoms with Crippen LogP contribution in [0.25, 0.3) is 11.0 Å². The van der Waals surface area contributed by atoms with Crippen LogP contribution in [0.15, 0.2) is 58.7 Å². The zero-order valence-corrected chi connectivity index (χ0v) is 14.2. The van der Waals surface area contributed by atoms with E-state index in [0.717, 1.165) is 28.4 Å². The summed E-state index contributed by atoms with van der Waals surface area (Å²) in [5.41, 5.74) is 5.92. The maximum atomic E-state index is 4.98. The number of para-hydroxylation sites is 2. The fraction of sp³-hybridized carbons (Fsp3) is 0.263. The Labute approximate surface area is 140 Å². The number of aromatic nitrogens is 2. The molecular weight excluding hydrogens is 302 g/mol. The minimum Gasteiger partial charge on any atom is -0.333 e. The zero-order chi connectivity index (χ0) is 15.9. The number of fused-ring (bicyclic) bond motifs is 2. The molecule has 0 unspecified atom stereocenters. The van der Waals surface area contributed by atoms with E-state index in [1.54, 1.807) is 11.8 Å². The highest BCUT2D eigenvalue weighted by Gasteiger charge is 2.26. The lowest BCUT2D eigenvalue weighted by molar-refractivity contribution is 0.513. The second-order valence-electron chi connectivity index (χ2n) is 6.55. The average molecular weight is 321 g/mol. The Balaban J connectivity index is 1.61. The predicted octanol–water partition coefficient (Wildman–Crippen LogP) is 4.48. The number of hydrogen-bond acceptors (Lipinski definition) is 3. The van der Waals surface area contributed by atoms with Crippen LogP contribution in [0.2, 0.25) is 0 Å². The topological polar surface area (TPSA) is 41.0 Å². The quantitative estimate of drug-likeness (QED) is 0.723. The number of nitrogens with zero attached hydrogens (tertiary/aromatic N) is 2. The smallest absolute Gasteiger partial charge is 0.166 e. The van der Waals surface area contributed by atoms with Crippen molar-refractivity contribution in [1.82, 2.24) is 9.97 Å². The molecule has 116 valence electrons. The summed E-state index contributed by atoms with van der Waals surface area (Å²) in [6.07, 6.45) is 1.00. The Kier molecular flexibility index (Phi) is 3.49. The molecule has 0 bridgehead atoms. The van der Waals surface area contributed by atoms with Gasteiger partial charge in [-0.1, -0.05) is 48.2 Å². The summed E-state index contributed by atoms with van der Waals surface area (Å²) >= 11 is 1.72. The Morgan fingerprint density at radius 2 is 1.87 bits per heavy atom. The minimum absolute atomic E-state index is 0.0296. The fourth-order valence-corrected chi connectivity index (χ4v) is 3.97. The molecule has 2 aromatic carbocycles. The molecule has 1 aromatic heterocycles. The molecule has 4 heteroatoms. The van der Waals surface area contributed by atoms with Crippen LogP contribution in [-0.4, -0.2) is 27.0 Å². The summed E-state index contributed by atoms with van der Waals surface area (Å²) in [4.78, 5) is 13.0. The molecule has 0 aliphatic carbocycles. The van der Waals surface area contributed by atoms with Crippen LogP contribution >= 0.6 is 11.8 Å². The summed E-state index contributed by atoms with van der Waals surface area (Å²) < 4.78 is 0. The lowest BCUT2D eigenvalue weighted by atomic mass is 9.87. The van der Waals surface area contributed by atoms with E-state index in [1.165, 1.54) is 16.8 Å². The van der Waals surface area contributed by atoms with Crippen LogP contribution in [0.5, 0.6) is 0 Å². The summed E-state index contributed by atoms with van der Waals surface area (Å²) in [5, 5.41) is 0.953. The van der Waals surface area contributed by atoms with Crippen LogP contribution in [0.3, 0.4) is 0 Å². The van der Waals surface area contributed by atoms with Gasteiger partial charge in [-0.05, 0) is 43.5 Å². The molecule has 1 aliphatic heterocycles. The highest BCUT2D eigenvalue weighted by Crippen LogP contribution is 2.29. The predicted molar refractivity (Wildman–Crippen MR) is 97.6 cm³/mol. The molecule has 0 spiro atoms. The molecule has 1 aliphatic rings. The molecule has 0 fully saturated rings. The maximum absolute atomic E-state index is 4.98. The monoisotopic (exact) mass is 321 g/mol. The van der Waals surface area contributed by atoms with Gasteiger partial charge < -0.3 is 4.98 Å². The second-order valence-corrected chi connectivity index (χ2v) is 7.52. The van der Waals surface area contributed by atoms with E-state index in [2.05, 4.69) is 54.1 Å². The van der Waals surface area contributed by atoms with E-state index in [-0.39, 0.29) is 5.54 Å². The van der Waals surface area contributed by atoms with Crippen molar-refractivity contribution in [3.63, 3.8) is 0 Å². The highest BCUT2D eigenvalue weighted by atomic mass is 32.2. The molecule has 3 aromatic rings. The normalized spacial score (nSPS) is 16.2. The Bertz CT molecular complexity index is 859. The SMILES string of the molecule is CC1(C)Cc2ccccc2C(CSc2nc3ccccc3[nH]2)=N1. The molecule has 0 saturated heterocycles. The van der Waals surface area contributed by atoms with E-state index in [1.807, 2.05) is 18.2 Å². The molecule has 0 amide bonds. The number of benzene rings is 2. The van der Waals surface area contributed by atoms with Crippen molar-refractivity contribution in [1.29, 1.82) is 0 Å². The summed E-state index contributed by atoms with van der Waals surface area (Å²) in [6.45, 7) is 4.41. The van der Waals surface area contributed by atoms with E-state index >= 15 is 0 Å². The lowest BCUT2D eigenvalue weighted by Crippen LogP contribution is -2.29. The Hall–Kier alpha value is -2.07. The minimum atomic E-state index is -0.0296. The van der Waals surface area contributed by atoms with Gasteiger partial charge in [0.05, 0.1) is 22.3 Å². The molecular formula is C19H19N3S. The second kappa shape index (κ2) is 5.53. The van der Waals surface area contributed by atoms with Gasteiger partial charge in [0, 0.05) is 5.75 Å². The first-order valence-corrected chi connectivity index (χ1v) is 8.84. The molecule has 0 saturated carbocycles. The van der Waals surface area contributed by atoms with Crippen molar-refractivity contribution in [2.75, 3.05) is 5.75 Å². The Morgan fingerprint density at radius 3 is 2.74 bits per heavy atom. The first kappa shape index (κ1) is 14.5. The van der Waals surface area contributed by atoms with Gasteiger partial charge in [0.1, 0.15) is 0 Å². The van der Waals surface area contributed by atoms with Crippen LogP contribution in [-0.2, 0) is 6.42 Å². The number of H-pyrrole nitrogens is 1. The summed E-state index contributed by atoms with van der Waals surface area (Å²) in [6, 6.07) is 16.7. The number of hydrogen-bond donors (Lipinski definition) is 1. The van der Waals surface area contributed by atoms with Gasteiger partial charge in [-0.25, -0.2) is 4.98 Å². The number of imidazole rings is 1. The lowest BCUT2D eigenvalue weighted by Gasteiger charge is -2.28. The van der Waals surface area contributed by atoms with Crippen LogP contribution in [0, 0.1) is 0 Å². The number of aromatic amines is 1. The first-order chi connectivity index (χ1) is 11.1. The van der Waals surface area contributed by atoms with Crippen molar-refractivity contribution < 1.29 is 0 Å². The summed E-state index contributed by atoms with van der Waals surface area (Å²) in [7, 11) is 0. The van der Waals surface area contributed by atoms with Gasteiger partial charge in [0.25, 0.3) is 0 Å². The van der Waals surface area contributed by atoms with Gasteiger partial charge >= 0.3 is 0 Å². The number of thioether (sulfide) groups is 1. The Morgan fingerprint density at radius 1 is 1.09 bits per heavy atom. The fourth-order valence-electron chi connectivity index (χ4n) is 3.13. The van der Waals surface area contributed by atoms with Gasteiger partial charge in [0.2, 0.25) is 0 Å². The maximum Gasteiger partial charge on any atom is 0.166 e. The van der Waals surface area contributed by atoms with Crippen molar-refractivity contribution in [3.05, 3.63) is 59.7 Å². The van der Waals surface area contributed by atoms with E-state index in [0.29, 0.717) is 0 Å². The first-order valence-electron chi connectivity index (χ1n) is 7.85. The van der Waals surface area contributed by atoms with Crippen LogP contribution in [0.4, 0.5) is 0 Å². The highest BCUT2D eigenvalue weighted by molar-refractivity contribution is 7.99. The van der Waals surface area contributed by atoms with Crippen molar-refractivity contribution in [2.24, 2.45) is 4.99 Å². The number of rotatable bonds is 3. The molecule has 4 rings (SSSR count). The van der Waals surface area contributed by atoms with Crippen molar-refractivity contribution >= 4 is 28.5 Å². The molecule has 3 nitrogen and oxygen atoms in total. The van der Waals surface area contributed by atoms with Crippen molar-refractivity contribution in [2.45, 2.75) is 31.0 Å². The van der Waals surface area contributed by atoms with E-state index in [4.69, 9.17) is 4.99 Å². The molecule has 23 heavy (non-hydrogen) atoms. The van der Waals surface area contributed by atoms with Crippen LogP contribution in [0.1, 0.15) is 25.0 Å². The average Bonchev–Trinajstić information content (AvgIpc) is 2.94. The van der Waals surface area contributed by atoms with Crippen LogP contribution < -0.4 is 0 Å². The summed E-state index contributed by atoms with van der Waals surface area (Å²) in [5.74, 6) is 0.834.